The predicted octanol–water partition coefficient (Wildman–Crippen LogP) is 7.30. The summed E-state index contributed by atoms with van der Waals surface area (Å²) in [6.07, 6.45) is -4.32. The zero-order valence-electron chi connectivity index (χ0n) is 14.5. The van der Waals surface area contributed by atoms with Gasteiger partial charge in [0, 0.05) is 0 Å². The molecule has 0 spiro atoms. The van der Waals surface area contributed by atoms with Gasteiger partial charge in [-0.25, -0.2) is 0 Å². The van der Waals surface area contributed by atoms with E-state index in [9.17, 15) is 13.2 Å². The fourth-order valence-electron chi connectivity index (χ4n) is 3.53. The molecule has 0 heterocycles. The van der Waals surface area contributed by atoms with Crippen LogP contribution in [0.1, 0.15) is 16.7 Å². The van der Waals surface area contributed by atoms with E-state index in [1.54, 1.807) is 12.1 Å². The first-order valence-corrected chi connectivity index (χ1v) is 8.45. The maximum Gasteiger partial charge on any atom is 0.416 e. The van der Waals surface area contributed by atoms with Crippen molar-refractivity contribution in [3.63, 3.8) is 0 Å². The molecule has 0 fully saturated rings. The molecule has 130 valence electrons. The van der Waals surface area contributed by atoms with Crippen molar-refractivity contribution < 1.29 is 13.2 Å². The Kier molecular flexibility index (Phi) is 3.76. The lowest BCUT2D eigenvalue weighted by atomic mass is 9.89. The number of rotatable bonds is 1. The van der Waals surface area contributed by atoms with E-state index in [0.717, 1.165) is 55.9 Å². The van der Waals surface area contributed by atoms with Crippen LogP contribution in [-0.2, 0) is 6.18 Å². The van der Waals surface area contributed by atoms with Crippen LogP contribution in [0.25, 0.3) is 32.7 Å². The minimum atomic E-state index is -4.32. The van der Waals surface area contributed by atoms with E-state index < -0.39 is 11.7 Å². The summed E-state index contributed by atoms with van der Waals surface area (Å²) >= 11 is 0. The summed E-state index contributed by atoms with van der Waals surface area (Å²) in [5.74, 6) is 0. The second-order valence-electron chi connectivity index (χ2n) is 6.69. The SMILES string of the molecule is Cc1cc2cc3ccccc3cc2c(-c2ccc(C(F)(F)F)cc2)c1C. The standard InChI is InChI=1S/C23H17F3/c1-14-11-19-12-17-5-3-4-6-18(17)13-21(19)22(15(14)2)16-7-9-20(10-8-16)23(24,25)26/h3-13H,1-2H3. The van der Waals surface area contributed by atoms with Crippen molar-refractivity contribution in [1.29, 1.82) is 0 Å². The van der Waals surface area contributed by atoms with Gasteiger partial charge in [0.25, 0.3) is 0 Å². The first-order valence-electron chi connectivity index (χ1n) is 8.45. The van der Waals surface area contributed by atoms with Crippen molar-refractivity contribution in [2.45, 2.75) is 20.0 Å². The molecule has 4 rings (SSSR count). The van der Waals surface area contributed by atoms with Crippen molar-refractivity contribution in [2.24, 2.45) is 0 Å². The quantitative estimate of drug-likeness (QED) is 0.316. The van der Waals surface area contributed by atoms with Crippen LogP contribution < -0.4 is 0 Å². The van der Waals surface area contributed by atoms with E-state index >= 15 is 0 Å². The van der Waals surface area contributed by atoms with Gasteiger partial charge < -0.3 is 0 Å². The highest BCUT2D eigenvalue weighted by Gasteiger charge is 2.30. The molecule has 3 heteroatoms. The number of fused-ring (bicyclic) bond motifs is 2. The van der Waals surface area contributed by atoms with Gasteiger partial charge in [0.05, 0.1) is 5.56 Å². The number of alkyl halides is 3. The molecule has 26 heavy (non-hydrogen) atoms. The molecule has 0 nitrogen and oxygen atoms in total. The van der Waals surface area contributed by atoms with E-state index in [1.807, 2.05) is 26.0 Å². The molecule has 0 aliphatic rings. The molecule has 0 aromatic heterocycles. The predicted molar refractivity (Wildman–Crippen MR) is 101 cm³/mol. The summed E-state index contributed by atoms with van der Waals surface area (Å²) in [6.45, 7) is 4.06. The van der Waals surface area contributed by atoms with Gasteiger partial charge in [0.1, 0.15) is 0 Å². The van der Waals surface area contributed by atoms with E-state index in [-0.39, 0.29) is 0 Å². The Labute approximate surface area is 149 Å². The summed E-state index contributed by atoms with van der Waals surface area (Å²) in [5, 5.41) is 4.44. The molecule has 4 aromatic rings. The maximum absolute atomic E-state index is 12.9. The summed E-state index contributed by atoms with van der Waals surface area (Å²) in [4.78, 5) is 0. The molecule has 0 aliphatic heterocycles. The summed E-state index contributed by atoms with van der Waals surface area (Å²) in [5.41, 5.74) is 3.40. The third kappa shape index (κ3) is 2.74. The maximum atomic E-state index is 12.9. The highest BCUT2D eigenvalue weighted by Crippen LogP contribution is 2.37. The molecular formula is C23H17F3. The fourth-order valence-corrected chi connectivity index (χ4v) is 3.53. The van der Waals surface area contributed by atoms with Gasteiger partial charge in [-0.15, -0.1) is 0 Å². The lowest BCUT2D eigenvalue weighted by molar-refractivity contribution is -0.137. The monoisotopic (exact) mass is 350 g/mol. The summed E-state index contributed by atoms with van der Waals surface area (Å²) in [7, 11) is 0. The van der Waals surface area contributed by atoms with E-state index in [0.29, 0.717) is 0 Å². The van der Waals surface area contributed by atoms with Crippen molar-refractivity contribution in [3.8, 4) is 11.1 Å². The van der Waals surface area contributed by atoms with Crippen molar-refractivity contribution in [3.05, 3.63) is 83.4 Å². The number of hydrogen-bond acceptors (Lipinski definition) is 0. The number of hydrogen-bond donors (Lipinski definition) is 0. The average Bonchev–Trinajstić information content (AvgIpc) is 2.61. The van der Waals surface area contributed by atoms with Gasteiger partial charge in [-0.05, 0) is 81.9 Å². The highest BCUT2D eigenvalue weighted by molar-refractivity contribution is 6.06. The highest BCUT2D eigenvalue weighted by atomic mass is 19.4. The minimum absolute atomic E-state index is 0.624. The molecule has 0 bridgehead atoms. The molecule has 0 atom stereocenters. The van der Waals surface area contributed by atoms with Crippen LogP contribution in [0, 0.1) is 13.8 Å². The Morgan fingerprint density at radius 2 is 1.31 bits per heavy atom. The molecule has 0 N–H and O–H groups in total. The molecule has 0 saturated carbocycles. The van der Waals surface area contributed by atoms with Crippen LogP contribution in [0.4, 0.5) is 13.2 Å². The Morgan fingerprint density at radius 1 is 0.692 bits per heavy atom. The van der Waals surface area contributed by atoms with Gasteiger partial charge >= 0.3 is 6.18 Å². The second-order valence-corrected chi connectivity index (χ2v) is 6.69. The lowest BCUT2D eigenvalue weighted by Gasteiger charge is -2.16. The Balaban J connectivity index is 2.01. The van der Waals surface area contributed by atoms with Crippen molar-refractivity contribution in [1.82, 2.24) is 0 Å². The third-order valence-corrected chi connectivity index (χ3v) is 5.03. The van der Waals surface area contributed by atoms with Crippen LogP contribution in [0.3, 0.4) is 0 Å². The van der Waals surface area contributed by atoms with Crippen LogP contribution in [0.5, 0.6) is 0 Å². The van der Waals surface area contributed by atoms with Crippen LogP contribution in [0.2, 0.25) is 0 Å². The van der Waals surface area contributed by atoms with Crippen LogP contribution >= 0.6 is 0 Å². The zero-order valence-corrected chi connectivity index (χ0v) is 14.5. The van der Waals surface area contributed by atoms with Gasteiger partial charge in [0.15, 0.2) is 0 Å². The molecule has 0 amide bonds. The molecule has 0 unspecified atom stereocenters. The fraction of sp³-hybridized carbons (Fsp3) is 0.130. The number of benzene rings is 4. The average molecular weight is 350 g/mol. The Hall–Kier alpha value is -2.81. The van der Waals surface area contributed by atoms with E-state index in [4.69, 9.17) is 0 Å². The van der Waals surface area contributed by atoms with Crippen LogP contribution in [-0.4, -0.2) is 0 Å². The molecule has 0 radical (unpaired) electrons. The minimum Gasteiger partial charge on any atom is -0.166 e. The lowest BCUT2D eigenvalue weighted by Crippen LogP contribution is -2.04. The van der Waals surface area contributed by atoms with E-state index in [2.05, 4.69) is 30.3 Å². The first kappa shape index (κ1) is 16.6. The normalized spacial score (nSPS) is 12.0. The van der Waals surface area contributed by atoms with Gasteiger partial charge in [-0.2, -0.15) is 13.2 Å². The topological polar surface area (TPSA) is 0 Å². The second kappa shape index (κ2) is 5.87. The van der Waals surface area contributed by atoms with Gasteiger partial charge in [-0.3, -0.25) is 0 Å². The molecule has 4 aromatic carbocycles. The molecular weight excluding hydrogens is 333 g/mol. The summed E-state index contributed by atoms with van der Waals surface area (Å²) in [6, 6.07) is 20.0. The Bertz CT molecular complexity index is 1120. The first-order chi connectivity index (χ1) is 12.3. The largest absolute Gasteiger partial charge is 0.416 e. The molecule has 0 aliphatic carbocycles. The number of aryl methyl sites for hydroxylation is 1. The van der Waals surface area contributed by atoms with Crippen LogP contribution in [0.15, 0.2) is 66.7 Å². The van der Waals surface area contributed by atoms with Crippen molar-refractivity contribution >= 4 is 21.5 Å². The Morgan fingerprint density at radius 3 is 1.92 bits per heavy atom. The molecule has 0 saturated heterocycles. The summed E-state index contributed by atoms with van der Waals surface area (Å²) < 4.78 is 38.7. The van der Waals surface area contributed by atoms with Crippen molar-refractivity contribution in [2.75, 3.05) is 0 Å². The van der Waals surface area contributed by atoms with Gasteiger partial charge in [-0.1, -0.05) is 42.5 Å². The smallest absolute Gasteiger partial charge is 0.166 e. The zero-order chi connectivity index (χ0) is 18.5. The van der Waals surface area contributed by atoms with E-state index in [1.165, 1.54) is 0 Å². The number of halogens is 3. The third-order valence-electron chi connectivity index (χ3n) is 5.03. The van der Waals surface area contributed by atoms with Gasteiger partial charge in [0.2, 0.25) is 0 Å².